The molecule has 2 atom stereocenters. The van der Waals surface area contributed by atoms with E-state index < -0.39 is 12.2 Å². The van der Waals surface area contributed by atoms with Crippen LogP contribution in [0, 0.1) is 6.92 Å². The molecule has 0 spiro atoms. The molecule has 0 aliphatic rings. The molecule has 1 aromatic carbocycles. The number of hydrogen-bond acceptors (Lipinski definition) is 4. The molecular formula is C12H17NO3. The van der Waals surface area contributed by atoms with E-state index in [1.165, 1.54) is 0 Å². The number of carbonyl (C=O) groups is 1. The summed E-state index contributed by atoms with van der Waals surface area (Å²) in [5.41, 5.74) is 7.21. The molecule has 0 aliphatic heterocycles. The monoisotopic (exact) mass is 223 g/mol. The van der Waals surface area contributed by atoms with Gasteiger partial charge in [0.25, 0.3) is 0 Å². The number of aliphatic hydroxyl groups excluding tert-OH is 2. The van der Waals surface area contributed by atoms with Crippen LogP contribution < -0.4 is 5.73 Å². The minimum Gasteiger partial charge on any atom is -0.390 e. The molecular weight excluding hydrogens is 206 g/mol. The van der Waals surface area contributed by atoms with Gasteiger partial charge in [-0.3, -0.25) is 4.79 Å². The first-order valence-corrected chi connectivity index (χ1v) is 5.22. The zero-order chi connectivity index (χ0) is 12.1. The summed E-state index contributed by atoms with van der Waals surface area (Å²) >= 11 is 0. The average Bonchev–Trinajstić information content (AvgIpc) is 2.29. The molecule has 0 aliphatic carbocycles. The minimum atomic E-state index is -0.997. The van der Waals surface area contributed by atoms with Gasteiger partial charge in [0.2, 0.25) is 0 Å². The average molecular weight is 223 g/mol. The smallest absolute Gasteiger partial charge is 0.150 e. The Hall–Kier alpha value is -1.23. The predicted octanol–water partition coefficient (Wildman–Crippen LogP) is 0.551. The van der Waals surface area contributed by atoms with E-state index in [0.717, 1.165) is 5.56 Å². The van der Waals surface area contributed by atoms with Gasteiger partial charge in [-0.1, -0.05) is 12.1 Å². The number of aldehydes is 1. The summed E-state index contributed by atoms with van der Waals surface area (Å²) in [7, 11) is 0. The lowest BCUT2D eigenvalue weighted by atomic mass is 9.96. The number of aliphatic hydroxyl groups is 2. The molecule has 1 rings (SSSR count). The van der Waals surface area contributed by atoms with Gasteiger partial charge in [-0.25, -0.2) is 0 Å². The van der Waals surface area contributed by atoms with Crippen LogP contribution >= 0.6 is 0 Å². The van der Waals surface area contributed by atoms with E-state index in [1.807, 2.05) is 6.92 Å². The summed E-state index contributed by atoms with van der Waals surface area (Å²) in [6, 6.07) is 5.01. The standard InChI is InChI=1S/C12H17NO3/c1-8-2-3-9(7-14)6-10(8)12(16)11(15)4-5-13/h2-3,6-7,11-12,15-16H,4-5,13H2,1H3. The van der Waals surface area contributed by atoms with Crippen LogP contribution in [0.4, 0.5) is 0 Å². The summed E-state index contributed by atoms with van der Waals surface area (Å²) in [4.78, 5) is 10.6. The maximum Gasteiger partial charge on any atom is 0.150 e. The molecule has 0 saturated heterocycles. The molecule has 0 heterocycles. The third-order valence-electron chi connectivity index (χ3n) is 2.58. The quantitative estimate of drug-likeness (QED) is 0.636. The molecule has 0 radical (unpaired) electrons. The Kier molecular flexibility index (Phi) is 4.61. The van der Waals surface area contributed by atoms with E-state index >= 15 is 0 Å². The Morgan fingerprint density at radius 1 is 1.44 bits per heavy atom. The Morgan fingerprint density at radius 3 is 2.69 bits per heavy atom. The van der Waals surface area contributed by atoms with E-state index in [0.29, 0.717) is 30.4 Å². The molecule has 4 nitrogen and oxygen atoms in total. The highest BCUT2D eigenvalue weighted by Gasteiger charge is 2.19. The fraction of sp³-hybridized carbons (Fsp3) is 0.417. The molecule has 0 saturated carbocycles. The van der Waals surface area contributed by atoms with Crippen LogP contribution in [0.25, 0.3) is 0 Å². The van der Waals surface area contributed by atoms with E-state index in [9.17, 15) is 15.0 Å². The normalized spacial score (nSPS) is 14.5. The SMILES string of the molecule is Cc1ccc(C=O)cc1C(O)C(O)CCN. The lowest BCUT2D eigenvalue weighted by Gasteiger charge is -2.19. The van der Waals surface area contributed by atoms with Crippen molar-refractivity contribution >= 4 is 6.29 Å². The highest BCUT2D eigenvalue weighted by atomic mass is 16.3. The summed E-state index contributed by atoms with van der Waals surface area (Å²) in [5, 5.41) is 19.5. The van der Waals surface area contributed by atoms with Gasteiger partial charge in [0, 0.05) is 5.56 Å². The topological polar surface area (TPSA) is 83.5 Å². The summed E-state index contributed by atoms with van der Waals surface area (Å²) in [6.07, 6.45) is -0.856. The van der Waals surface area contributed by atoms with Crippen molar-refractivity contribution in [2.45, 2.75) is 25.6 Å². The van der Waals surface area contributed by atoms with Gasteiger partial charge in [-0.05, 0) is 37.1 Å². The fourth-order valence-corrected chi connectivity index (χ4v) is 1.59. The number of nitrogens with two attached hydrogens (primary N) is 1. The number of aryl methyl sites for hydroxylation is 1. The molecule has 0 fully saturated rings. The highest BCUT2D eigenvalue weighted by molar-refractivity contribution is 5.75. The van der Waals surface area contributed by atoms with Crippen molar-refractivity contribution in [2.24, 2.45) is 5.73 Å². The van der Waals surface area contributed by atoms with Crippen molar-refractivity contribution in [1.29, 1.82) is 0 Å². The number of carbonyl (C=O) groups excluding carboxylic acids is 1. The van der Waals surface area contributed by atoms with Crippen molar-refractivity contribution in [1.82, 2.24) is 0 Å². The molecule has 4 heteroatoms. The number of benzene rings is 1. The van der Waals surface area contributed by atoms with Crippen LogP contribution in [0.5, 0.6) is 0 Å². The van der Waals surface area contributed by atoms with Crippen LogP contribution in [-0.4, -0.2) is 29.1 Å². The van der Waals surface area contributed by atoms with Crippen LogP contribution in [-0.2, 0) is 0 Å². The summed E-state index contributed by atoms with van der Waals surface area (Å²) in [6.45, 7) is 2.13. The molecule has 4 N–H and O–H groups in total. The van der Waals surface area contributed by atoms with Crippen LogP contribution in [0.15, 0.2) is 18.2 Å². The first-order chi connectivity index (χ1) is 7.60. The third-order valence-corrected chi connectivity index (χ3v) is 2.58. The van der Waals surface area contributed by atoms with E-state index in [2.05, 4.69) is 0 Å². The molecule has 1 aromatic rings. The Bertz CT molecular complexity index is 365. The Balaban J connectivity index is 2.97. The lowest BCUT2D eigenvalue weighted by molar-refractivity contribution is 0.0146. The first-order valence-electron chi connectivity index (χ1n) is 5.22. The van der Waals surface area contributed by atoms with Crippen LogP contribution in [0.2, 0.25) is 0 Å². The molecule has 2 unspecified atom stereocenters. The second-order valence-electron chi connectivity index (χ2n) is 3.82. The zero-order valence-electron chi connectivity index (χ0n) is 9.26. The van der Waals surface area contributed by atoms with Crippen molar-refractivity contribution in [2.75, 3.05) is 6.54 Å². The van der Waals surface area contributed by atoms with Gasteiger partial charge in [0.05, 0.1) is 6.10 Å². The van der Waals surface area contributed by atoms with Crippen LogP contribution in [0.3, 0.4) is 0 Å². The lowest BCUT2D eigenvalue weighted by Crippen LogP contribution is -2.22. The van der Waals surface area contributed by atoms with E-state index in [1.54, 1.807) is 18.2 Å². The van der Waals surface area contributed by atoms with Gasteiger partial charge >= 0.3 is 0 Å². The first kappa shape index (κ1) is 12.8. The van der Waals surface area contributed by atoms with Gasteiger partial charge < -0.3 is 15.9 Å². The third kappa shape index (κ3) is 2.88. The van der Waals surface area contributed by atoms with Crippen LogP contribution in [0.1, 0.15) is 34.0 Å². The second-order valence-corrected chi connectivity index (χ2v) is 3.82. The molecule has 88 valence electrons. The van der Waals surface area contributed by atoms with Gasteiger partial charge in [0.15, 0.2) is 0 Å². The molecule has 0 aromatic heterocycles. The summed E-state index contributed by atoms with van der Waals surface area (Å²) < 4.78 is 0. The maximum absolute atomic E-state index is 10.6. The number of rotatable bonds is 5. The number of hydrogen-bond donors (Lipinski definition) is 3. The maximum atomic E-state index is 10.6. The molecule has 0 amide bonds. The highest BCUT2D eigenvalue weighted by Crippen LogP contribution is 2.23. The van der Waals surface area contributed by atoms with Crippen molar-refractivity contribution in [3.05, 3.63) is 34.9 Å². The fourth-order valence-electron chi connectivity index (χ4n) is 1.59. The minimum absolute atomic E-state index is 0.310. The zero-order valence-corrected chi connectivity index (χ0v) is 9.26. The molecule has 16 heavy (non-hydrogen) atoms. The Labute approximate surface area is 94.7 Å². The van der Waals surface area contributed by atoms with Gasteiger partial charge in [0.1, 0.15) is 12.4 Å². The van der Waals surface area contributed by atoms with Crippen molar-refractivity contribution < 1.29 is 15.0 Å². The van der Waals surface area contributed by atoms with Crippen molar-refractivity contribution in [3.63, 3.8) is 0 Å². The largest absolute Gasteiger partial charge is 0.390 e. The molecule has 0 bridgehead atoms. The van der Waals surface area contributed by atoms with Gasteiger partial charge in [-0.15, -0.1) is 0 Å². The van der Waals surface area contributed by atoms with E-state index in [-0.39, 0.29) is 0 Å². The predicted molar refractivity (Wildman–Crippen MR) is 61.2 cm³/mol. The van der Waals surface area contributed by atoms with E-state index in [4.69, 9.17) is 5.73 Å². The van der Waals surface area contributed by atoms with Crippen molar-refractivity contribution in [3.8, 4) is 0 Å². The Morgan fingerprint density at radius 2 is 2.12 bits per heavy atom. The summed E-state index contributed by atoms with van der Waals surface area (Å²) in [5.74, 6) is 0. The second kappa shape index (κ2) is 5.75. The van der Waals surface area contributed by atoms with Gasteiger partial charge in [-0.2, -0.15) is 0 Å².